The minimum atomic E-state index is -0.376. The predicted octanol–water partition coefficient (Wildman–Crippen LogP) is 6.49. The normalized spacial score (nSPS) is 11.6. The molecule has 0 unspecified atom stereocenters. The van der Waals surface area contributed by atoms with Gasteiger partial charge in [0.15, 0.2) is 0 Å². The largest absolute Gasteiger partial charge is 0.270 e. The van der Waals surface area contributed by atoms with Gasteiger partial charge in [0.25, 0.3) is 5.69 Å². The second-order valence-electron chi connectivity index (χ2n) is 5.76. The highest BCUT2D eigenvalue weighted by Gasteiger charge is 2.12. The van der Waals surface area contributed by atoms with Crippen LogP contribution in [0.4, 0.5) is 5.69 Å². The first kappa shape index (κ1) is 17.5. The van der Waals surface area contributed by atoms with Crippen molar-refractivity contribution in [1.29, 1.82) is 0 Å². The molecule has 0 fully saturated rings. The zero-order valence-electron chi connectivity index (χ0n) is 14.1. The Hall–Kier alpha value is -2.96. The molecule has 0 saturated carbocycles. The van der Waals surface area contributed by atoms with E-state index >= 15 is 0 Å². The zero-order valence-corrected chi connectivity index (χ0v) is 15.7. The molecule has 0 spiro atoms. The lowest BCUT2D eigenvalue weighted by Crippen LogP contribution is -1.88. The molecular formula is C21H14N2O2S2. The van der Waals surface area contributed by atoms with E-state index in [1.807, 2.05) is 60.7 Å². The maximum atomic E-state index is 11.1. The summed E-state index contributed by atoms with van der Waals surface area (Å²) in [5.74, 6) is 0. The summed E-state index contributed by atoms with van der Waals surface area (Å²) in [5, 5.41) is 12.0. The number of thioether (sulfide) groups is 1. The van der Waals surface area contributed by atoms with E-state index in [9.17, 15) is 10.1 Å². The van der Waals surface area contributed by atoms with Crippen LogP contribution in [0.15, 0.2) is 83.8 Å². The Labute approximate surface area is 164 Å². The number of hydrogen-bond donors (Lipinski definition) is 0. The lowest BCUT2D eigenvalue weighted by Gasteiger charge is -2.05. The van der Waals surface area contributed by atoms with Gasteiger partial charge in [-0.2, -0.15) is 0 Å². The highest BCUT2D eigenvalue weighted by molar-refractivity contribution is 8.08. The van der Waals surface area contributed by atoms with Crippen LogP contribution in [0.5, 0.6) is 0 Å². The third kappa shape index (κ3) is 4.07. The molecule has 27 heavy (non-hydrogen) atoms. The minimum absolute atomic E-state index is 0.0807. The van der Waals surface area contributed by atoms with E-state index in [2.05, 4.69) is 6.07 Å². The highest BCUT2D eigenvalue weighted by atomic mass is 32.2. The molecule has 0 amide bonds. The fraction of sp³-hybridized carbons (Fsp3) is 0. The van der Waals surface area contributed by atoms with Gasteiger partial charge in [-0.05, 0) is 35.9 Å². The monoisotopic (exact) mass is 390 g/mol. The lowest BCUT2D eigenvalue weighted by molar-refractivity contribution is -0.384. The molecule has 1 aromatic heterocycles. The molecule has 4 rings (SSSR count). The molecule has 6 heteroatoms. The maximum absolute atomic E-state index is 11.1. The molecule has 0 bridgehead atoms. The minimum Gasteiger partial charge on any atom is -0.258 e. The van der Waals surface area contributed by atoms with Gasteiger partial charge in [0.1, 0.15) is 5.01 Å². The topological polar surface area (TPSA) is 56.0 Å². The van der Waals surface area contributed by atoms with Crippen LogP contribution in [0.1, 0.15) is 10.6 Å². The summed E-state index contributed by atoms with van der Waals surface area (Å²) in [7, 11) is 0. The molecule has 0 saturated heterocycles. The van der Waals surface area contributed by atoms with Gasteiger partial charge in [0.2, 0.25) is 0 Å². The van der Waals surface area contributed by atoms with E-state index in [4.69, 9.17) is 4.98 Å². The summed E-state index contributed by atoms with van der Waals surface area (Å²) in [6, 6.07) is 24.7. The summed E-state index contributed by atoms with van der Waals surface area (Å²) in [4.78, 5) is 17.5. The summed E-state index contributed by atoms with van der Waals surface area (Å²) >= 11 is 3.23. The van der Waals surface area contributed by atoms with Crippen LogP contribution < -0.4 is 0 Å². The van der Waals surface area contributed by atoms with Crippen molar-refractivity contribution in [2.24, 2.45) is 0 Å². The van der Waals surface area contributed by atoms with Gasteiger partial charge in [-0.1, -0.05) is 54.2 Å². The van der Waals surface area contributed by atoms with Crippen molar-refractivity contribution in [2.45, 2.75) is 4.90 Å². The number of thiazole rings is 1. The molecular weight excluding hydrogens is 376 g/mol. The van der Waals surface area contributed by atoms with Gasteiger partial charge in [-0.15, -0.1) is 11.3 Å². The third-order valence-corrected chi connectivity index (χ3v) is 6.09. The van der Waals surface area contributed by atoms with Crippen molar-refractivity contribution >= 4 is 50.0 Å². The van der Waals surface area contributed by atoms with Crippen molar-refractivity contribution in [1.82, 2.24) is 4.98 Å². The highest BCUT2D eigenvalue weighted by Crippen LogP contribution is 2.39. The SMILES string of the molecule is O=[N+]([O-])c1cccc(/C=C(/Sc2ccccc2)c2nc3ccccc3s2)c1. The number of rotatable bonds is 5. The molecule has 0 aliphatic carbocycles. The van der Waals surface area contributed by atoms with E-state index in [0.717, 1.165) is 30.6 Å². The number of nitro groups is 1. The van der Waals surface area contributed by atoms with Crippen LogP contribution in [-0.4, -0.2) is 9.91 Å². The summed E-state index contributed by atoms with van der Waals surface area (Å²) in [6.45, 7) is 0. The Balaban J connectivity index is 1.80. The van der Waals surface area contributed by atoms with Gasteiger partial charge >= 0.3 is 0 Å². The van der Waals surface area contributed by atoms with Gasteiger partial charge in [-0.25, -0.2) is 4.98 Å². The fourth-order valence-corrected chi connectivity index (χ4v) is 4.61. The van der Waals surface area contributed by atoms with E-state index < -0.39 is 0 Å². The second kappa shape index (κ2) is 7.73. The first-order chi connectivity index (χ1) is 13.2. The van der Waals surface area contributed by atoms with Gasteiger partial charge < -0.3 is 0 Å². The number of non-ortho nitro benzene ring substituents is 1. The first-order valence-corrected chi connectivity index (χ1v) is 9.87. The molecule has 0 atom stereocenters. The van der Waals surface area contributed by atoms with Gasteiger partial charge in [-0.3, -0.25) is 10.1 Å². The third-order valence-electron chi connectivity index (χ3n) is 3.85. The molecule has 132 valence electrons. The van der Waals surface area contributed by atoms with Gasteiger partial charge in [0.05, 0.1) is 15.1 Å². The predicted molar refractivity (Wildman–Crippen MR) is 113 cm³/mol. The van der Waals surface area contributed by atoms with Crippen molar-refractivity contribution in [3.05, 3.63) is 99.5 Å². The molecule has 4 aromatic rings. The molecule has 0 radical (unpaired) electrons. The summed E-state index contributed by atoms with van der Waals surface area (Å²) in [5.41, 5.74) is 1.81. The fourth-order valence-electron chi connectivity index (χ4n) is 2.61. The Bertz CT molecular complexity index is 1100. The Morgan fingerprint density at radius 3 is 2.56 bits per heavy atom. The molecule has 0 N–H and O–H groups in total. The average molecular weight is 390 g/mol. The quantitative estimate of drug-likeness (QED) is 0.222. The van der Waals surface area contributed by atoms with Gasteiger partial charge in [0, 0.05) is 21.9 Å². The number of nitrogens with zero attached hydrogens (tertiary/aromatic N) is 2. The van der Waals surface area contributed by atoms with Crippen LogP contribution in [-0.2, 0) is 0 Å². The number of hydrogen-bond acceptors (Lipinski definition) is 5. The number of benzene rings is 3. The van der Waals surface area contributed by atoms with Crippen LogP contribution in [0.2, 0.25) is 0 Å². The molecule has 4 nitrogen and oxygen atoms in total. The number of nitro benzene ring substituents is 1. The van der Waals surface area contributed by atoms with Crippen LogP contribution in [0, 0.1) is 10.1 Å². The molecule has 0 aliphatic heterocycles. The van der Waals surface area contributed by atoms with Crippen molar-refractivity contribution in [2.75, 3.05) is 0 Å². The second-order valence-corrected chi connectivity index (χ2v) is 7.91. The van der Waals surface area contributed by atoms with Crippen LogP contribution in [0.3, 0.4) is 0 Å². The Morgan fingerprint density at radius 1 is 1.00 bits per heavy atom. The Morgan fingerprint density at radius 2 is 1.78 bits per heavy atom. The lowest BCUT2D eigenvalue weighted by atomic mass is 10.2. The van der Waals surface area contributed by atoms with E-state index in [0.29, 0.717) is 0 Å². The van der Waals surface area contributed by atoms with E-state index in [-0.39, 0.29) is 10.6 Å². The standard InChI is InChI=1S/C21H14N2O2S2/c24-23(25)16-8-6-7-15(13-16)14-20(26-17-9-2-1-3-10-17)21-22-18-11-4-5-12-19(18)27-21/h1-14H/b20-14+. The molecule has 1 heterocycles. The van der Waals surface area contributed by atoms with Crippen LogP contribution in [0.25, 0.3) is 21.2 Å². The summed E-state index contributed by atoms with van der Waals surface area (Å²) in [6.07, 6.45) is 1.96. The molecule has 3 aromatic carbocycles. The smallest absolute Gasteiger partial charge is 0.258 e. The van der Waals surface area contributed by atoms with Crippen molar-refractivity contribution in [3.63, 3.8) is 0 Å². The number of para-hydroxylation sites is 1. The van der Waals surface area contributed by atoms with Crippen LogP contribution >= 0.6 is 23.1 Å². The Kier molecular flexibility index (Phi) is 5.00. The number of aromatic nitrogens is 1. The van der Waals surface area contributed by atoms with E-state index in [1.165, 1.54) is 6.07 Å². The summed E-state index contributed by atoms with van der Waals surface area (Å²) < 4.78 is 1.12. The maximum Gasteiger partial charge on any atom is 0.270 e. The van der Waals surface area contributed by atoms with Crippen molar-refractivity contribution in [3.8, 4) is 0 Å². The number of fused-ring (bicyclic) bond motifs is 1. The zero-order chi connectivity index (χ0) is 18.6. The molecule has 0 aliphatic rings. The van der Waals surface area contributed by atoms with E-state index in [1.54, 1.807) is 35.2 Å². The average Bonchev–Trinajstić information content (AvgIpc) is 3.13. The van der Waals surface area contributed by atoms with Crippen molar-refractivity contribution < 1.29 is 4.92 Å². The first-order valence-electron chi connectivity index (χ1n) is 8.24.